The lowest BCUT2D eigenvalue weighted by Gasteiger charge is -2.13. The van der Waals surface area contributed by atoms with Crippen molar-refractivity contribution in [3.8, 4) is 0 Å². The van der Waals surface area contributed by atoms with E-state index in [-0.39, 0.29) is 5.69 Å². The first-order chi connectivity index (χ1) is 6.52. The second-order valence-electron chi connectivity index (χ2n) is 2.62. The van der Waals surface area contributed by atoms with Gasteiger partial charge in [0, 0.05) is 24.9 Å². The molecule has 0 aliphatic carbocycles. The Morgan fingerprint density at radius 2 is 1.93 bits per heavy atom. The molecular formula is C8H8N2O3S. The fourth-order valence-corrected chi connectivity index (χ4v) is 1.02. The van der Waals surface area contributed by atoms with E-state index >= 15 is 0 Å². The molecule has 1 rings (SSSR count). The third-order valence-electron chi connectivity index (χ3n) is 1.73. The van der Waals surface area contributed by atoms with Crippen LogP contribution in [0.1, 0.15) is 0 Å². The van der Waals surface area contributed by atoms with Crippen LogP contribution in [0.15, 0.2) is 24.3 Å². The number of amides is 1. The van der Waals surface area contributed by atoms with Gasteiger partial charge in [-0.3, -0.25) is 14.9 Å². The molecule has 1 aromatic rings. The van der Waals surface area contributed by atoms with Gasteiger partial charge in [-0.2, -0.15) is 0 Å². The van der Waals surface area contributed by atoms with Gasteiger partial charge in [-0.15, -0.1) is 0 Å². The average molecular weight is 212 g/mol. The van der Waals surface area contributed by atoms with E-state index in [1.807, 2.05) is 0 Å². The predicted octanol–water partition coefficient (Wildman–Crippen LogP) is 2.08. The standard InChI is InChI=1S/C8H8N2O3S/c1-9(8(11)14)6-2-4-7(5-3-6)10(12)13/h2-5H,1H3,(H,11,14). The summed E-state index contributed by atoms with van der Waals surface area (Å²) in [5.41, 5.74) is 0.560. The van der Waals surface area contributed by atoms with Crippen molar-refractivity contribution in [3.63, 3.8) is 0 Å². The number of hydrogen-bond acceptors (Lipinski definition) is 3. The monoisotopic (exact) mass is 212 g/mol. The molecule has 1 amide bonds. The molecule has 0 fully saturated rings. The maximum atomic E-state index is 10.8. The van der Waals surface area contributed by atoms with Crippen molar-refractivity contribution in [3.05, 3.63) is 34.4 Å². The minimum Gasteiger partial charge on any atom is -0.307 e. The van der Waals surface area contributed by atoms with Gasteiger partial charge in [0.2, 0.25) is 0 Å². The first kappa shape index (κ1) is 10.5. The SMILES string of the molecule is CN(C(=O)S)c1ccc([N+](=O)[O-])cc1. The molecule has 0 bridgehead atoms. The molecule has 1 aromatic carbocycles. The van der Waals surface area contributed by atoms with Crippen LogP contribution in [0.4, 0.5) is 16.2 Å². The van der Waals surface area contributed by atoms with Crippen molar-refractivity contribution < 1.29 is 9.72 Å². The van der Waals surface area contributed by atoms with Gasteiger partial charge in [0.1, 0.15) is 0 Å². The summed E-state index contributed by atoms with van der Waals surface area (Å²) in [7, 11) is 1.54. The molecule has 74 valence electrons. The highest BCUT2D eigenvalue weighted by molar-refractivity contribution is 7.96. The Bertz CT molecular complexity index is 363. The third-order valence-corrected chi connectivity index (χ3v) is 2.03. The normalized spacial score (nSPS) is 9.57. The molecule has 6 heteroatoms. The van der Waals surface area contributed by atoms with Crippen LogP contribution in [0.5, 0.6) is 0 Å². The highest BCUT2D eigenvalue weighted by Crippen LogP contribution is 2.18. The van der Waals surface area contributed by atoms with Crippen LogP contribution in [0, 0.1) is 10.1 Å². The maximum Gasteiger partial charge on any atom is 0.282 e. The van der Waals surface area contributed by atoms with Gasteiger partial charge in [-0.25, -0.2) is 0 Å². The van der Waals surface area contributed by atoms with Gasteiger partial charge in [0.25, 0.3) is 10.9 Å². The van der Waals surface area contributed by atoms with E-state index in [0.29, 0.717) is 5.69 Å². The van der Waals surface area contributed by atoms with Gasteiger partial charge in [-0.05, 0) is 12.1 Å². The summed E-state index contributed by atoms with van der Waals surface area (Å²) in [5, 5.41) is 9.91. The van der Waals surface area contributed by atoms with Crippen molar-refractivity contribution in [1.29, 1.82) is 0 Å². The minimum absolute atomic E-state index is 0.00577. The number of benzene rings is 1. The van der Waals surface area contributed by atoms with Crippen molar-refractivity contribution in [1.82, 2.24) is 0 Å². The molecule has 14 heavy (non-hydrogen) atoms. The number of non-ortho nitro benzene ring substituents is 1. The molecule has 0 saturated carbocycles. The van der Waals surface area contributed by atoms with Crippen molar-refractivity contribution in [2.75, 3.05) is 11.9 Å². The zero-order chi connectivity index (χ0) is 10.7. The van der Waals surface area contributed by atoms with Crippen LogP contribution in [-0.4, -0.2) is 17.2 Å². The molecule has 0 saturated heterocycles. The fourth-order valence-electron chi connectivity index (χ4n) is 0.908. The number of carbonyl (C=O) groups excluding carboxylic acids is 1. The number of nitro benzene ring substituents is 1. The Labute approximate surface area is 85.9 Å². The van der Waals surface area contributed by atoms with Crippen molar-refractivity contribution >= 4 is 29.2 Å². The van der Waals surface area contributed by atoms with E-state index in [1.165, 1.54) is 36.2 Å². The lowest BCUT2D eigenvalue weighted by Crippen LogP contribution is -2.19. The molecule has 0 aliphatic rings. The lowest BCUT2D eigenvalue weighted by molar-refractivity contribution is -0.384. The van der Waals surface area contributed by atoms with Gasteiger partial charge in [0.05, 0.1) is 4.92 Å². The van der Waals surface area contributed by atoms with E-state index < -0.39 is 10.2 Å². The van der Waals surface area contributed by atoms with E-state index in [2.05, 4.69) is 12.6 Å². The van der Waals surface area contributed by atoms with Crippen LogP contribution < -0.4 is 4.90 Å². The summed E-state index contributed by atoms with van der Waals surface area (Å²) in [6, 6.07) is 5.66. The molecule has 0 atom stereocenters. The van der Waals surface area contributed by atoms with Gasteiger partial charge < -0.3 is 4.90 Å². The summed E-state index contributed by atoms with van der Waals surface area (Å²) >= 11 is 3.62. The van der Waals surface area contributed by atoms with E-state index in [9.17, 15) is 14.9 Å². The topological polar surface area (TPSA) is 63.5 Å². The van der Waals surface area contributed by atoms with Crippen molar-refractivity contribution in [2.45, 2.75) is 0 Å². The number of thiol groups is 1. The highest BCUT2D eigenvalue weighted by atomic mass is 32.1. The summed E-state index contributed by atoms with van der Waals surface area (Å²) in [4.78, 5) is 21.9. The Balaban J connectivity index is 2.94. The molecular weight excluding hydrogens is 204 g/mol. The second-order valence-corrected chi connectivity index (χ2v) is 3.00. The molecule has 0 spiro atoms. The largest absolute Gasteiger partial charge is 0.307 e. The summed E-state index contributed by atoms with van der Waals surface area (Å²) in [5.74, 6) is 0. The zero-order valence-electron chi connectivity index (χ0n) is 7.38. The summed E-state index contributed by atoms with van der Waals surface area (Å²) in [6.45, 7) is 0. The number of hydrogen-bond donors (Lipinski definition) is 1. The number of carbonyl (C=O) groups is 1. The molecule has 0 heterocycles. The highest BCUT2D eigenvalue weighted by Gasteiger charge is 2.08. The number of nitrogens with zero attached hydrogens (tertiary/aromatic N) is 2. The van der Waals surface area contributed by atoms with Gasteiger partial charge in [-0.1, -0.05) is 12.6 Å². The number of rotatable bonds is 2. The first-order valence-corrected chi connectivity index (χ1v) is 4.18. The molecule has 5 nitrogen and oxygen atoms in total. The summed E-state index contributed by atoms with van der Waals surface area (Å²) in [6.07, 6.45) is 0. The first-order valence-electron chi connectivity index (χ1n) is 3.73. The average Bonchev–Trinajstić information content (AvgIpc) is 2.16. The van der Waals surface area contributed by atoms with Crippen LogP contribution in [0.3, 0.4) is 0 Å². The van der Waals surface area contributed by atoms with Crippen LogP contribution in [-0.2, 0) is 0 Å². The van der Waals surface area contributed by atoms with E-state index in [4.69, 9.17) is 0 Å². The van der Waals surface area contributed by atoms with Crippen LogP contribution >= 0.6 is 12.6 Å². The molecule has 0 aliphatic heterocycles. The Hall–Kier alpha value is -1.56. The van der Waals surface area contributed by atoms with E-state index in [1.54, 1.807) is 0 Å². The van der Waals surface area contributed by atoms with Gasteiger partial charge in [0.15, 0.2) is 0 Å². The molecule has 0 radical (unpaired) electrons. The fraction of sp³-hybridized carbons (Fsp3) is 0.125. The zero-order valence-corrected chi connectivity index (χ0v) is 8.27. The molecule has 0 unspecified atom stereocenters. The number of nitro groups is 1. The van der Waals surface area contributed by atoms with E-state index in [0.717, 1.165) is 0 Å². The predicted molar refractivity (Wildman–Crippen MR) is 55.9 cm³/mol. The lowest BCUT2D eigenvalue weighted by atomic mass is 10.3. The van der Waals surface area contributed by atoms with Crippen LogP contribution in [0.25, 0.3) is 0 Å². The Kier molecular flexibility index (Phi) is 3.08. The quantitative estimate of drug-likeness (QED) is 0.463. The minimum atomic E-state index is -0.494. The number of anilines is 1. The third kappa shape index (κ3) is 2.23. The van der Waals surface area contributed by atoms with Crippen LogP contribution in [0.2, 0.25) is 0 Å². The maximum absolute atomic E-state index is 10.8. The summed E-state index contributed by atoms with van der Waals surface area (Å²) < 4.78 is 0. The Morgan fingerprint density at radius 3 is 2.29 bits per heavy atom. The smallest absolute Gasteiger partial charge is 0.282 e. The molecule has 0 N–H and O–H groups in total. The molecule has 0 aromatic heterocycles. The van der Waals surface area contributed by atoms with Gasteiger partial charge >= 0.3 is 0 Å². The second kappa shape index (κ2) is 4.10. The Morgan fingerprint density at radius 1 is 1.43 bits per heavy atom. The van der Waals surface area contributed by atoms with Crippen molar-refractivity contribution in [2.24, 2.45) is 0 Å².